The van der Waals surface area contributed by atoms with E-state index in [2.05, 4.69) is 16.4 Å². The van der Waals surface area contributed by atoms with Gasteiger partial charge in [0.2, 0.25) is 11.7 Å². The number of anilines is 1. The number of nitrogens with zero attached hydrogens (tertiary/aromatic N) is 3. The summed E-state index contributed by atoms with van der Waals surface area (Å²) in [7, 11) is 6.23. The highest BCUT2D eigenvalue weighted by Gasteiger charge is 2.24. The molecule has 228 valence electrons. The van der Waals surface area contributed by atoms with Crippen molar-refractivity contribution in [2.24, 2.45) is 0 Å². The number of rotatable bonds is 11. The van der Waals surface area contributed by atoms with E-state index in [0.29, 0.717) is 49.8 Å². The zero-order chi connectivity index (χ0) is 31.9. The van der Waals surface area contributed by atoms with Crippen LogP contribution in [0.3, 0.4) is 0 Å². The topological polar surface area (TPSA) is 116 Å². The number of ether oxygens (including phenoxy) is 4. The lowest BCUT2D eigenvalue weighted by molar-refractivity contribution is -0.115. The Labute approximate surface area is 269 Å². The molecule has 0 saturated carbocycles. The van der Waals surface area contributed by atoms with Crippen LogP contribution in [0, 0.1) is 11.3 Å². The van der Waals surface area contributed by atoms with Crippen molar-refractivity contribution in [3.05, 3.63) is 83.7 Å². The molecule has 5 rings (SSSR count). The minimum atomic E-state index is -0.600. The van der Waals surface area contributed by atoms with Crippen LogP contribution in [0.1, 0.15) is 12.5 Å². The highest BCUT2D eigenvalue weighted by molar-refractivity contribution is 8.00. The quantitative estimate of drug-likeness (QED) is 0.146. The molecule has 0 bridgehead atoms. The summed E-state index contributed by atoms with van der Waals surface area (Å²) < 4.78 is 21.9. The maximum absolute atomic E-state index is 13.4. The Morgan fingerprint density at radius 2 is 1.51 bits per heavy atom. The minimum Gasteiger partial charge on any atom is -0.497 e. The van der Waals surface area contributed by atoms with Crippen molar-refractivity contribution < 1.29 is 23.7 Å². The largest absolute Gasteiger partial charge is 0.497 e. The fraction of sp³-hybridized carbons (Fsp3) is 0.176. The molecule has 2 heterocycles. The number of nitriles is 1. The molecule has 0 spiro atoms. The number of aromatic nitrogens is 2. The molecule has 45 heavy (non-hydrogen) atoms. The Hall–Kier alpha value is -5.05. The van der Waals surface area contributed by atoms with Crippen LogP contribution in [-0.4, -0.2) is 49.6 Å². The molecule has 0 aliphatic rings. The smallest absolute Gasteiger partial charge is 0.239 e. The predicted octanol–water partition coefficient (Wildman–Crippen LogP) is 7.56. The van der Waals surface area contributed by atoms with Gasteiger partial charge < -0.3 is 24.3 Å². The van der Waals surface area contributed by atoms with E-state index in [1.54, 1.807) is 26.2 Å². The van der Waals surface area contributed by atoms with E-state index in [4.69, 9.17) is 23.9 Å². The SMILES string of the molecule is COc1ccc(-c2csc(NC(=O)C(C)Sc3nc(-c4ccccc4)cc(-c4cc(OC)c(OC)c(OC)c4)c3C#N)n2)cc1. The molecule has 5 aromatic rings. The van der Waals surface area contributed by atoms with E-state index in [1.165, 1.54) is 44.4 Å². The number of nitrogens with one attached hydrogen (secondary N) is 1. The Balaban J connectivity index is 1.48. The Kier molecular flexibility index (Phi) is 9.87. The summed E-state index contributed by atoms with van der Waals surface area (Å²) in [5.74, 6) is 1.84. The van der Waals surface area contributed by atoms with Gasteiger partial charge in [-0.05, 0) is 55.0 Å². The van der Waals surface area contributed by atoms with Crippen LogP contribution in [0.15, 0.2) is 83.2 Å². The molecule has 1 N–H and O–H groups in total. The van der Waals surface area contributed by atoms with Crippen molar-refractivity contribution in [2.45, 2.75) is 17.2 Å². The van der Waals surface area contributed by atoms with E-state index < -0.39 is 5.25 Å². The maximum Gasteiger partial charge on any atom is 0.239 e. The van der Waals surface area contributed by atoms with E-state index in [-0.39, 0.29) is 5.91 Å². The first-order chi connectivity index (χ1) is 21.9. The fourth-order valence-electron chi connectivity index (χ4n) is 4.59. The molecular weight excluding hydrogens is 609 g/mol. The minimum absolute atomic E-state index is 0.263. The van der Waals surface area contributed by atoms with Crippen LogP contribution in [0.2, 0.25) is 0 Å². The highest BCUT2D eigenvalue weighted by Crippen LogP contribution is 2.44. The van der Waals surface area contributed by atoms with Crippen LogP contribution in [-0.2, 0) is 4.79 Å². The average Bonchev–Trinajstić information content (AvgIpc) is 3.55. The number of amides is 1. The Morgan fingerprint density at radius 3 is 2.11 bits per heavy atom. The first-order valence-corrected chi connectivity index (χ1v) is 15.5. The molecule has 0 radical (unpaired) electrons. The molecule has 3 aromatic carbocycles. The van der Waals surface area contributed by atoms with Gasteiger partial charge in [-0.25, -0.2) is 9.97 Å². The zero-order valence-electron chi connectivity index (χ0n) is 25.3. The van der Waals surface area contributed by atoms with Crippen LogP contribution < -0.4 is 24.3 Å². The van der Waals surface area contributed by atoms with E-state index in [9.17, 15) is 10.1 Å². The average molecular weight is 639 g/mol. The summed E-state index contributed by atoms with van der Waals surface area (Å²) in [4.78, 5) is 22.8. The van der Waals surface area contributed by atoms with Gasteiger partial charge >= 0.3 is 0 Å². The number of carbonyl (C=O) groups is 1. The van der Waals surface area contributed by atoms with Gasteiger partial charge in [0.1, 0.15) is 16.8 Å². The first-order valence-electron chi connectivity index (χ1n) is 13.8. The number of thioether (sulfide) groups is 1. The number of hydrogen-bond acceptors (Lipinski definition) is 10. The predicted molar refractivity (Wildman–Crippen MR) is 178 cm³/mol. The first kappa shape index (κ1) is 31.4. The van der Waals surface area contributed by atoms with Crippen LogP contribution >= 0.6 is 23.1 Å². The summed E-state index contributed by atoms with van der Waals surface area (Å²) in [5.41, 5.74) is 4.79. The van der Waals surface area contributed by atoms with Crippen molar-refractivity contribution in [1.82, 2.24) is 9.97 Å². The van der Waals surface area contributed by atoms with Gasteiger partial charge in [0, 0.05) is 22.1 Å². The van der Waals surface area contributed by atoms with Gasteiger partial charge in [-0.3, -0.25) is 4.79 Å². The summed E-state index contributed by atoms with van der Waals surface area (Å²) in [6.45, 7) is 1.77. The summed E-state index contributed by atoms with van der Waals surface area (Å²) in [6.07, 6.45) is 0. The second-order valence-corrected chi connectivity index (χ2v) is 11.8. The molecule has 1 amide bonds. The number of thiazole rings is 1. The third-order valence-corrected chi connectivity index (χ3v) is 8.77. The van der Waals surface area contributed by atoms with Crippen LogP contribution in [0.25, 0.3) is 33.6 Å². The second kappa shape index (κ2) is 14.2. The number of pyridine rings is 1. The number of carbonyl (C=O) groups excluding carboxylic acids is 1. The number of benzene rings is 3. The molecule has 11 heteroatoms. The molecule has 0 aliphatic carbocycles. The lowest BCUT2D eigenvalue weighted by atomic mass is 9.98. The fourth-order valence-corrected chi connectivity index (χ4v) is 6.24. The third-order valence-electron chi connectivity index (χ3n) is 6.92. The molecule has 0 aliphatic heterocycles. The number of hydrogen-bond donors (Lipinski definition) is 1. The third kappa shape index (κ3) is 6.87. The zero-order valence-corrected chi connectivity index (χ0v) is 26.9. The van der Waals surface area contributed by atoms with Gasteiger partial charge in [0.05, 0.1) is 50.6 Å². The van der Waals surface area contributed by atoms with Crippen molar-refractivity contribution in [3.63, 3.8) is 0 Å². The highest BCUT2D eigenvalue weighted by atomic mass is 32.2. The molecule has 9 nitrogen and oxygen atoms in total. The summed E-state index contributed by atoms with van der Waals surface area (Å²) >= 11 is 2.54. The molecule has 2 aromatic heterocycles. The maximum atomic E-state index is 13.4. The lowest BCUT2D eigenvalue weighted by Gasteiger charge is -2.17. The Bertz CT molecular complexity index is 1830. The van der Waals surface area contributed by atoms with Crippen molar-refractivity contribution in [2.75, 3.05) is 33.8 Å². The van der Waals surface area contributed by atoms with Crippen molar-refractivity contribution in [3.8, 4) is 62.7 Å². The molecule has 0 fully saturated rings. The lowest BCUT2D eigenvalue weighted by Crippen LogP contribution is -2.22. The Morgan fingerprint density at radius 1 is 0.844 bits per heavy atom. The van der Waals surface area contributed by atoms with E-state index in [0.717, 1.165) is 22.6 Å². The second-order valence-electron chi connectivity index (χ2n) is 9.64. The van der Waals surface area contributed by atoms with Crippen LogP contribution in [0.4, 0.5) is 5.13 Å². The normalized spacial score (nSPS) is 11.3. The summed E-state index contributed by atoms with van der Waals surface area (Å²) in [5, 5.41) is 15.5. The molecular formula is C34H30N4O5S2. The monoisotopic (exact) mass is 638 g/mol. The standard InChI is InChI=1S/C34H30N4O5S2/c1-20(32(39)38-34-37-28(19-44-34)22-11-13-24(40-2)14-12-22)45-33-26(18-35)25(17-27(36-33)21-9-7-6-8-10-21)23-15-29(41-3)31(43-5)30(16-23)42-4/h6-17,19-20H,1-5H3,(H,37,38,39). The van der Waals surface area contributed by atoms with Gasteiger partial charge in [-0.1, -0.05) is 42.1 Å². The van der Waals surface area contributed by atoms with E-state index in [1.807, 2.05) is 66.0 Å². The van der Waals surface area contributed by atoms with Crippen molar-refractivity contribution >= 4 is 34.1 Å². The van der Waals surface area contributed by atoms with Gasteiger partial charge in [0.25, 0.3) is 0 Å². The number of methoxy groups -OCH3 is 4. The molecule has 1 unspecified atom stereocenters. The van der Waals surface area contributed by atoms with Gasteiger partial charge in [0.15, 0.2) is 16.6 Å². The molecule has 0 saturated heterocycles. The van der Waals surface area contributed by atoms with Gasteiger partial charge in [-0.15, -0.1) is 11.3 Å². The van der Waals surface area contributed by atoms with Crippen molar-refractivity contribution in [1.29, 1.82) is 5.26 Å². The van der Waals surface area contributed by atoms with Gasteiger partial charge in [-0.2, -0.15) is 5.26 Å². The molecule has 1 atom stereocenters. The summed E-state index contributed by atoms with van der Waals surface area (Å²) in [6, 6.07) is 25.0. The van der Waals surface area contributed by atoms with Crippen LogP contribution in [0.5, 0.6) is 23.0 Å². The van der Waals surface area contributed by atoms with E-state index >= 15 is 0 Å².